The summed E-state index contributed by atoms with van der Waals surface area (Å²) in [7, 11) is 0. The Balaban J connectivity index is 1.77. The summed E-state index contributed by atoms with van der Waals surface area (Å²) in [5.74, 6) is 1.72. The average Bonchev–Trinajstić information content (AvgIpc) is 3.38. The zero-order valence-electron chi connectivity index (χ0n) is 16.2. The first-order chi connectivity index (χ1) is 14.9. The minimum absolute atomic E-state index is 0.862. The Labute approximate surface area is 174 Å². The number of hydrogen-bond donors (Lipinski definition) is 0. The van der Waals surface area contributed by atoms with E-state index in [9.17, 15) is 0 Å². The van der Waals surface area contributed by atoms with E-state index in [0.717, 1.165) is 55.7 Å². The van der Waals surface area contributed by atoms with Crippen molar-refractivity contribution in [2.24, 2.45) is 0 Å². The number of furan rings is 2. The lowest BCUT2D eigenvalue weighted by Gasteiger charge is -2.06. The fourth-order valence-corrected chi connectivity index (χ4v) is 4.17. The minimum Gasteiger partial charge on any atom is -0.455 e. The van der Waals surface area contributed by atoms with E-state index in [2.05, 4.69) is 48.5 Å². The van der Waals surface area contributed by atoms with Crippen LogP contribution in [-0.2, 0) is 0 Å². The first kappa shape index (κ1) is 16.9. The fourth-order valence-electron chi connectivity index (χ4n) is 4.17. The second-order valence-corrected chi connectivity index (χ2v) is 7.34. The molecule has 4 aromatic carbocycles. The van der Waals surface area contributed by atoms with Gasteiger partial charge in [-0.05, 0) is 12.1 Å². The van der Waals surface area contributed by atoms with Gasteiger partial charge in [0.2, 0.25) is 0 Å². The molecule has 0 fully saturated rings. The average molecular weight is 386 g/mol. The third-order valence-corrected chi connectivity index (χ3v) is 5.51. The lowest BCUT2D eigenvalue weighted by Crippen LogP contribution is -1.84. The molecule has 0 radical (unpaired) electrons. The first-order valence-corrected chi connectivity index (χ1v) is 10.0. The molecule has 0 aliphatic carbocycles. The zero-order chi connectivity index (χ0) is 19.9. The molecule has 0 spiro atoms. The quantitative estimate of drug-likeness (QED) is 0.306. The van der Waals surface area contributed by atoms with Crippen molar-refractivity contribution in [2.45, 2.75) is 0 Å². The van der Waals surface area contributed by atoms with Gasteiger partial charge in [0.1, 0.15) is 22.7 Å². The lowest BCUT2D eigenvalue weighted by atomic mass is 9.94. The van der Waals surface area contributed by atoms with Crippen LogP contribution in [0.1, 0.15) is 0 Å². The minimum atomic E-state index is 0.862. The molecule has 0 aliphatic rings. The Morgan fingerprint density at radius 3 is 1.17 bits per heavy atom. The molecule has 2 heterocycles. The van der Waals surface area contributed by atoms with Gasteiger partial charge in [-0.1, -0.05) is 97.1 Å². The molecular formula is C28H18O2. The van der Waals surface area contributed by atoms with Gasteiger partial charge in [0.25, 0.3) is 0 Å². The Hall–Kier alpha value is -4.04. The van der Waals surface area contributed by atoms with E-state index in [1.54, 1.807) is 0 Å². The SMILES string of the molecule is c1ccc(-c2oc3ccccc3c2-c2c(-c3ccccc3)oc3ccccc23)cc1. The molecule has 0 saturated carbocycles. The van der Waals surface area contributed by atoms with Crippen molar-refractivity contribution in [2.75, 3.05) is 0 Å². The Kier molecular flexibility index (Phi) is 3.82. The van der Waals surface area contributed by atoms with Crippen LogP contribution in [0.25, 0.3) is 55.7 Å². The molecule has 0 atom stereocenters. The number of para-hydroxylation sites is 2. The summed E-state index contributed by atoms with van der Waals surface area (Å²) in [5.41, 5.74) is 5.98. The fraction of sp³-hybridized carbons (Fsp3) is 0. The van der Waals surface area contributed by atoms with Crippen molar-refractivity contribution in [1.82, 2.24) is 0 Å². The molecule has 0 aliphatic heterocycles. The maximum Gasteiger partial charge on any atom is 0.143 e. The van der Waals surface area contributed by atoms with Crippen molar-refractivity contribution >= 4 is 21.9 Å². The molecule has 2 nitrogen and oxygen atoms in total. The van der Waals surface area contributed by atoms with Gasteiger partial charge in [-0.2, -0.15) is 0 Å². The van der Waals surface area contributed by atoms with Crippen LogP contribution in [0.5, 0.6) is 0 Å². The number of rotatable bonds is 3. The van der Waals surface area contributed by atoms with E-state index < -0.39 is 0 Å². The van der Waals surface area contributed by atoms with Gasteiger partial charge < -0.3 is 8.83 Å². The summed E-state index contributed by atoms with van der Waals surface area (Å²) >= 11 is 0. The Bertz CT molecular complexity index is 1360. The smallest absolute Gasteiger partial charge is 0.143 e. The van der Waals surface area contributed by atoms with Crippen molar-refractivity contribution in [3.05, 3.63) is 109 Å². The molecule has 0 amide bonds. The highest BCUT2D eigenvalue weighted by Crippen LogP contribution is 2.48. The molecule has 0 bridgehead atoms. The summed E-state index contributed by atoms with van der Waals surface area (Å²) in [6.07, 6.45) is 0. The van der Waals surface area contributed by atoms with Crippen molar-refractivity contribution in [1.29, 1.82) is 0 Å². The van der Waals surface area contributed by atoms with Crippen molar-refractivity contribution < 1.29 is 8.83 Å². The molecule has 142 valence electrons. The molecule has 0 unspecified atom stereocenters. The molecule has 6 aromatic rings. The van der Waals surface area contributed by atoms with E-state index in [0.29, 0.717) is 0 Å². The van der Waals surface area contributed by atoms with Crippen LogP contribution in [0.2, 0.25) is 0 Å². The number of fused-ring (bicyclic) bond motifs is 2. The summed E-state index contributed by atoms with van der Waals surface area (Å²) in [4.78, 5) is 0. The van der Waals surface area contributed by atoms with Gasteiger partial charge >= 0.3 is 0 Å². The highest BCUT2D eigenvalue weighted by molar-refractivity contribution is 6.12. The van der Waals surface area contributed by atoms with Crippen molar-refractivity contribution in [3.8, 4) is 33.8 Å². The molecule has 30 heavy (non-hydrogen) atoms. The highest BCUT2D eigenvalue weighted by atomic mass is 16.3. The number of hydrogen-bond acceptors (Lipinski definition) is 2. The van der Waals surface area contributed by atoms with Crippen LogP contribution in [0.3, 0.4) is 0 Å². The van der Waals surface area contributed by atoms with Gasteiger partial charge in [-0.25, -0.2) is 0 Å². The van der Waals surface area contributed by atoms with Crippen LogP contribution in [0, 0.1) is 0 Å². The topological polar surface area (TPSA) is 26.3 Å². The summed E-state index contributed by atoms with van der Waals surface area (Å²) in [6, 6.07) is 37.0. The van der Waals surface area contributed by atoms with Gasteiger partial charge in [0.05, 0.1) is 0 Å². The third kappa shape index (κ3) is 2.58. The van der Waals surface area contributed by atoms with E-state index in [4.69, 9.17) is 8.83 Å². The largest absolute Gasteiger partial charge is 0.455 e. The summed E-state index contributed by atoms with van der Waals surface area (Å²) < 4.78 is 12.8. The van der Waals surface area contributed by atoms with Crippen LogP contribution < -0.4 is 0 Å². The van der Waals surface area contributed by atoms with Gasteiger partial charge in [0.15, 0.2) is 0 Å². The highest BCUT2D eigenvalue weighted by Gasteiger charge is 2.25. The summed E-state index contributed by atoms with van der Waals surface area (Å²) in [5, 5.41) is 2.17. The lowest BCUT2D eigenvalue weighted by molar-refractivity contribution is 0.628. The van der Waals surface area contributed by atoms with Crippen LogP contribution >= 0.6 is 0 Å². The molecule has 6 rings (SSSR count). The maximum absolute atomic E-state index is 6.41. The van der Waals surface area contributed by atoms with Crippen LogP contribution in [0.15, 0.2) is 118 Å². The van der Waals surface area contributed by atoms with Crippen molar-refractivity contribution in [3.63, 3.8) is 0 Å². The third-order valence-electron chi connectivity index (χ3n) is 5.51. The molecule has 2 heteroatoms. The zero-order valence-corrected chi connectivity index (χ0v) is 16.2. The van der Waals surface area contributed by atoms with Gasteiger partial charge in [-0.3, -0.25) is 0 Å². The Morgan fingerprint density at radius 1 is 0.367 bits per heavy atom. The second-order valence-electron chi connectivity index (χ2n) is 7.34. The molecular weight excluding hydrogens is 368 g/mol. The van der Waals surface area contributed by atoms with Gasteiger partial charge in [-0.15, -0.1) is 0 Å². The number of benzene rings is 4. The van der Waals surface area contributed by atoms with Crippen LogP contribution in [-0.4, -0.2) is 0 Å². The van der Waals surface area contributed by atoms with E-state index in [-0.39, 0.29) is 0 Å². The van der Waals surface area contributed by atoms with Crippen LogP contribution in [0.4, 0.5) is 0 Å². The van der Waals surface area contributed by atoms with Gasteiger partial charge in [0, 0.05) is 33.0 Å². The summed E-state index contributed by atoms with van der Waals surface area (Å²) in [6.45, 7) is 0. The van der Waals surface area contributed by atoms with E-state index in [1.807, 2.05) is 60.7 Å². The maximum atomic E-state index is 6.41. The Morgan fingerprint density at radius 2 is 0.733 bits per heavy atom. The molecule has 0 N–H and O–H groups in total. The molecule has 0 saturated heterocycles. The van der Waals surface area contributed by atoms with E-state index >= 15 is 0 Å². The predicted molar refractivity (Wildman–Crippen MR) is 122 cm³/mol. The normalized spacial score (nSPS) is 11.3. The standard InChI is InChI=1S/C28H18O2/c1-3-11-19(12-4-1)27-25(21-15-7-9-17-23(21)29-27)26-22-16-8-10-18-24(22)30-28(26)20-13-5-2-6-14-20/h1-18H. The predicted octanol–water partition coefficient (Wildman–Crippen LogP) is 8.18. The second kappa shape index (κ2) is 6.78. The monoisotopic (exact) mass is 386 g/mol. The van der Waals surface area contributed by atoms with E-state index in [1.165, 1.54) is 0 Å². The molecule has 2 aromatic heterocycles. The first-order valence-electron chi connectivity index (χ1n) is 10.0.